The monoisotopic (exact) mass is 264 g/mol. The average Bonchev–Trinajstić information content (AvgIpc) is 2.29. The normalized spacial score (nSPS) is 24.1. The van der Waals surface area contributed by atoms with Crippen LogP contribution in [0.25, 0.3) is 0 Å². The molecule has 1 heteroatoms. The van der Waals surface area contributed by atoms with Crippen LogP contribution in [0.3, 0.4) is 0 Å². The minimum absolute atomic E-state index is 0.276. The maximum Gasteiger partial charge on any atom is 0.0959 e. The van der Waals surface area contributed by atoms with Gasteiger partial charge in [0.05, 0.1) is 5.76 Å². The van der Waals surface area contributed by atoms with Gasteiger partial charge in [0.25, 0.3) is 0 Å². The van der Waals surface area contributed by atoms with E-state index in [0.717, 1.165) is 12.8 Å². The van der Waals surface area contributed by atoms with Crippen LogP contribution in [0.1, 0.15) is 73.1 Å². The summed E-state index contributed by atoms with van der Waals surface area (Å²) in [5.74, 6) is 1.35. The van der Waals surface area contributed by atoms with E-state index in [2.05, 4.69) is 40.7 Å². The number of allylic oxidation sites excluding steroid dienone is 4. The van der Waals surface area contributed by atoms with Gasteiger partial charge in [0.1, 0.15) is 0 Å². The SMILES string of the molecule is CCCCCCC1=CC(CC(C)(C)C)C(C)C(O)=C1. The van der Waals surface area contributed by atoms with Crippen LogP contribution in [0.2, 0.25) is 0 Å². The first kappa shape index (κ1) is 16.3. The second kappa shape index (κ2) is 7.17. The first-order valence-corrected chi connectivity index (χ1v) is 7.94. The van der Waals surface area contributed by atoms with Crippen molar-refractivity contribution in [3.8, 4) is 0 Å². The van der Waals surface area contributed by atoms with Crippen LogP contribution in [0.4, 0.5) is 0 Å². The molecule has 1 rings (SSSR count). The molecular weight excluding hydrogens is 232 g/mol. The predicted molar refractivity (Wildman–Crippen MR) is 84.3 cm³/mol. The molecule has 110 valence electrons. The minimum atomic E-state index is 0.276. The van der Waals surface area contributed by atoms with Crippen LogP contribution >= 0.6 is 0 Å². The number of rotatable bonds is 6. The molecule has 0 bridgehead atoms. The van der Waals surface area contributed by atoms with E-state index in [9.17, 15) is 5.11 Å². The summed E-state index contributed by atoms with van der Waals surface area (Å²) in [6, 6.07) is 0. The lowest BCUT2D eigenvalue weighted by Gasteiger charge is -2.31. The van der Waals surface area contributed by atoms with Gasteiger partial charge in [0.15, 0.2) is 0 Å². The predicted octanol–water partition coefficient (Wildman–Crippen LogP) is 6.03. The lowest BCUT2D eigenvalue weighted by molar-refractivity contribution is 0.236. The van der Waals surface area contributed by atoms with Gasteiger partial charge in [-0.2, -0.15) is 0 Å². The number of unbranched alkanes of at least 4 members (excludes halogenated alkanes) is 3. The third-order valence-electron chi connectivity index (χ3n) is 4.04. The maximum atomic E-state index is 10.1. The van der Waals surface area contributed by atoms with E-state index in [1.165, 1.54) is 31.3 Å². The molecule has 0 spiro atoms. The van der Waals surface area contributed by atoms with Gasteiger partial charge in [-0.15, -0.1) is 0 Å². The van der Waals surface area contributed by atoms with Crippen molar-refractivity contribution < 1.29 is 5.11 Å². The minimum Gasteiger partial charge on any atom is -0.512 e. The second-order valence-electron chi connectivity index (χ2n) is 7.34. The number of hydrogen-bond acceptors (Lipinski definition) is 1. The van der Waals surface area contributed by atoms with Gasteiger partial charge in [0.2, 0.25) is 0 Å². The van der Waals surface area contributed by atoms with Crippen LogP contribution in [-0.4, -0.2) is 5.11 Å². The molecule has 0 aromatic heterocycles. The molecule has 0 aliphatic heterocycles. The van der Waals surface area contributed by atoms with Crippen molar-refractivity contribution in [2.45, 2.75) is 73.1 Å². The fraction of sp³-hybridized carbons (Fsp3) is 0.778. The molecule has 2 atom stereocenters. The number of hydrogen-bond donors (Lipinski definition) is 1. The molecule has 19 heavy (non-hydrogen) atoms. The Morgan fingerprint density at radius 3 is 2.42 bits per heavy atom. The van der Waals surface area contributed by atoms with Gasteiger partial charge >= 0.3 is 0 Å². The second-order valence-corrected chi connectivity index (χ2v) is 7.34. The van der Waals surface area contributed by atoms with Gasteiger partial charge in [-0.3, -0.25) is 0 Å². The highest BCUT2D eigenvalue weighted by Gasteiger charge is 2.27. The Bertz CT molecular complexity index is 330. The van der Waals surface area contributed by atoms with Crippen molar-refractivity contribution >= 4 is 0 Å². The summed E-state index contributed by atoms with van der Waals surface area (Å²) in [6.07, 6.45) is 11.9. The van der Waals surface area contributed by atoms with E-state index in [1.54, 1.807) is 0 Å². The summed E-state index contributed by atoms with van der Waals surface area (Å²) in [4.78, 5) is 0. The van der Waals surface area contributed by atoms with Gasteiger partial charge in [-0.1, -0.05) is 60.0 Å². The van der Waals surface area contributed by atoms with Crippen molar-refractivity contribution in [3.05, 3.63) is 23.5 Å². The Morgan fingerprint density at radius 1 is 1.16 bits per heavy atom. The van der Waals surface area contributed by atoms with E-state index >= 15 is 0 Å². The molecule has 1 nitrogen and oxygen atoms in total. The molecule has 0 saturated carbocycles. The van der Waals surface area contributed by atoms with Crippen LogP contribution in [-0.2, 0) is 0 Å². The topological polar surface area (TPSA) is 20.2 Å². The molecule has 0 heterocycles. The Balaban J connectivity index is 2.61. The Kier molecular flexibility index (Phi) is 6.16. The van der Waals surface area contributed by atoms with Gasteiger partial charge < -0.3 is 5.11 Å². The maximum absolute atomic E-state index is 10.1. The fourth-order valence-corrected chi connectivity index (χ4v) is 2.86. The quantitative estimate of drug-likeness (QED) is 0.581. The van der Waals surface area contributed by atoms with E-state index < -0.39 is 0 Å². The van der Waals surface area contributed by atoms with E-state index in [-0.39, 0.29) is 5.92 Å². The standard InChI is InChI=1S/C18H32O/c1-6-7-8-9-10-15-11-16(13-18(3,4)5)14(2)17(19)12-15/h11-12,14,16,19H,6-10,13H2,1-5H3. The summed E-state index contributed by atoms with van der Waals surface area (Å²) in [7, 11) is 0. The third kappa shape index (κ3) is 5.84. The van der Waals surface area contributed by atoms with E-state index in [4.69, 9.17) is 0 Å². The van der Waals surface area contributed by atoms with E-state index in [0.29, 0.717) is 17.1 Å². The van der Waals surface area contributed by atoms with Gasteiger partial charge in [-0.25, -0.2) is 0 Å². The highest BCUT2D eigenvalue weighted by atomic mass is 16.3. The number of aliphatic hydroxyl groups is 1. The average molecular weight is 264 g/mol. The van der Waals surface area contributed by atoms with Crippen molar-refractivity contribution in [2.75, 3.05) is 0 Å². The first-order chi connectivity index (χ1) is 8.83. The lowest BCUT2D eigenvalue weighted by atomic mass is 9.75. The summed E-state index contributed by atoms with van der Waals surface area (Å²) in [5, 5.41) is 10.1. The van der Waals surface area contributed by atoms with Crippen molar-refractivity contribution in [1.29, 1.82) is 0 Å². The molecule has 1 aliphatic carbocycles. The highest BCUT2D eigenvalue weighted by Crippen LogP contribution is 2.37. The summed E-state index contributed by atoms with van der Waals surface area (Å²) in [6.45, 7) is 11.2. The van der Waals surface area contributed by atoms with Gasteiger partial charge in [-0.05, 0) is 42.2 Å². The first-order valence-electron chi connectivity index (χ1n) is 7.94. The Morgan fingerprint density at radius 2 is 1.84 bits per heavy atom. The van der Waals surface area contributed by atoms with Crippen LogP contribution in [0.15, 0.2) is 23.5 Å². The molecule has 0 aromatic rings. The smallest absolute Gasteiger partial charge is 0.0959 e. The molecule has 1 N–H and O–H groups in total. The largest absolute Gasteiger partial charge is 0.512 e. The molecule has 0 saturated heterocycles. The molecule has 0 radical (unpaired) electrons. The van der Waals surface area contributed by atoms with Crippen LogP contribution in [0, 0.1) is 17.3 Å². The zero-order valence-corrected chi connectivity index (χ0v) is 13.5. The van der Waals surface area contributed by atoms with Crippen LogP contribution in [0.5, 0.6) is 0 Å². The molecular formula is C18H32O. The summed E-state index contributed by atoms with van der Waals surface area (Å²) in [5.41, 5.74) is 1.67. The number of aliphatic hydroxyl groups excluding tert-OH is 1. The molecule has 0 amide bonds. The highest BCUT2D eigenvalue weighted by molar-refractivity contribution is 5.28. The van der Waals surface area contributed by atoms with Crippen LogP contribution < -0.4 is 0 Å². The molecule has 0 aromatic carbocycles. The fourth-order valence-electron chi connectivity index (χ4n) is 2.86. The third-order valence-corrected chi connectivity index (χ3v) is 4.04. The molecule has 1 aliphatic rings. The Hall–Kier alpha value is -0.720. The van der Waals surface area contributed by atoms with E-state index in [1.807, 2.05) is 6.08 Å². The zero-order valence-electron chi connectivity index (χ0n) is 13.5. The van der Waals surface area contributed by atoms with Crippen molar-refractivity contribution in [3.63, 3.8) is 0 Å². The van der Waals surface area contributed by atoms with Gasteiger partial charge in [0, 0.05) is 5.92 Å². The Labute approximate surface area is 119 Å². The molecule has 0 fully saturated rings. The van der Waals surface area contributed by atoms with Crippen molar-refractivity contribution in [2.24, 2.45) is 17.3 Å². The summed E-state index contributed by atoms with van der Waals surface area (Å²) < 4.78 is 0. The summed E-state index contributed by atoms with van der Waals surface area (Å²) >= 11 is 0. The van der Waals surface area contributed by atoms with Crippen molar-refractivity contribution in [1.82, 2.24) is 0 Å². The lowest BCUT2D eigenvalue weighted by Crippen LogP contribution is -2.22. The zero-order chi connectivity index (χ0) is 14.5. The molecule has 2 unspecified atom stereocenters.